The molecule has 172 valence electrons. The van der Waals surface area contributed by atoms with Gasteiger partial charge in [-0.1, -0.05) is 29.8 Å². The highest BCUT2D eigenvalue weighted by Crippen LogP contribution is 2.38. The van der Waals surface area contributed by atoms with Crippen molar-refractivity contribution in [2.45, 2.75) is 20.8 Å². The van der Waals surface area contributed by atoms with Crippen molar-refractivity contribution in [3.63, 3.8) is 0 Å². The lowest BCUT2D eigenvalue weighted by Gasteiger charge is -2.18. The molecule has 7 heteroatoms. The van der Waals surface area contributed by atoms with Crippen LogP contribution in [0.15, 0.2) is 66.4 Å². The minimum Gasteiger partial charge on any atom is -0.494 e. The van der Waals surface area contributed by atoms with Gasteiger partial charge in [-0.05, 0) is 62.2 Å². The average Bonchev–Trinajstić information content (AvgIpc) is 3.38. The number of fused-ring (bicyclic) bond motifs is 1. The number of hydrogen-bond donors (Lipinski definition) is 1. The second kappa shape index (κ2) is 8.59. The van der Waals surface area contributed by atoms with Gasteiger partial charge in [0, 0.05) is 11.8 Å². The normalized spacial score (nSPS) is 14.7. The molecule has 0 unspecified atom stereocenters. The molecule has 0 radical (unpaired) electrons. The summed E-state index contributed by atoms with van der Waals surface area (Å²) in [5, 5.41) is 3.17. The summed E-state index contributed by atoms with van der Waals surface area (Å²) < 4.78 is 16.4. The molecule has 0 saturated heterocycles. The van der Waals surface area contributed by atoms with Crippen LogP contribution < -0.4 is 24.4 Å². The van der Waals surface area contributed by atoms with Crippen LogP contribution in [-0.2, 0) is 9.59 Å². The Kier molecular flexibility index (Phi) is 5.45. The third kappa shape index (κ3) is 3.75. The number of hydrogen-bond acceptors (Lipinski definition) is 6. The van der Waals surface area contributed by atoms with Gasteiger partial charge < -0.3 is 19.5 Å². The van der Waals surface area contributed by atoms with E-state index in [9.17, 15) is 9.59 Å². The quantitative estimate of drug-likeness (QED) is 0.536. The molecule has 7 nitrogen and oxygen atoms in total. The molecule has 1 N–H and O–H groups in total. The van der Waals surface area contributed by atoms with Gasteiger partial charge in [-0.3, -0.25) is 9.59 Å². The van der Waals surface area contributed by atoms with Crippen LogP contribution in [0.5, 0.6) is 17.2 Å². The maximum atomic E-state index is 13.7. The maximum Gasteiger partial charge on any atom is 0.282 e. The van der Waals surface area contributed by atoms with Crippen LogP contribution >= 0.6 is 0 Å². The third-order valence-corrected chi connectivity index (χ3v) is 5.77. The van der Waals surface area contributed by atoms with Gasteiger partial charge in [0.1, 0.15) is 11.4 Å². The van der Waals surface area contributed by atoms with Crippen LogP contribution in [0.1, 0.15) is 23.6 Å². The predicted molar refractivity (Wildman–Crippen MR) is 129 cm³/mol. The van der Waals surface area contributed by atoms with Crippen molar-refractivity contribution in [3.8, 4) is 17.2 Å². The topological polar surface area (TPSA) is 77.1 Å². The SMILES string of the molecule is CCOc1ccc(C2=C(Nc3ccc4c(c3)OCO4)C(=O)N(c3ccc(C)cc3C)C2=O)cc1. The number of nitrogens with one attached hydrogen (secondary N) is 1. The summed E-state index contributed by atoms with van der Waals surface area (Å²) >= 11 is 0. The Balaban J connectivity index is 1.58. The first-order valence-electron chi connectivity index (χ1n) is 11.1. The standard InChI is InChI=1S/C27H24N2O5/c1-4-32-20-9-6-18(7-10-20)24-25(28-19-8-12-22-23(14-19)34-15-33-22)27(31)29(26(24)30)21-11-5-16(2)13-17(21)3/h5-14,28H,4,15H2,1-3H3. The van der Waals surface area contributed by atoms with E-state index in [2.05, 4.69) is 5.32 Å². The van der Waals surface area contributed by atoms with E-state index in [0.717, 1.165) is 11.1 Å². The number of benzene rings is 3. The zero-order chi connectivity index (χ0) is 23.8. The molecule has 0 spiro atoms. The number of aryl methyl sites for hydroxylation is 2. The lowest BCUT2D eigenvalue weighted by molar-refractivity contribution is -0.120. The number of nitrogens with zero attached hydrogens (tertiary/aromatic N) is 1. The predicted octanol–water partition coefficient (Wildman–Crippen LogP) is 4.83. The van der Waals surface area contributed by atoms with Crippen molar-refractivity contribution in [2.24, 2.45) is 0 Å². The van der Waals surface area contributed by atoms with Crippen LogP contribution in [-0.4, -0.2) is 25.2 Å². The van der Waals surface area contributed by atoms with Crippen molar-refractivity contribution in [1.29, 1.82) is 0 Å². The first-order valence-corrected chi connectivity index (χ1v) is 11.1. The van der Waals surface area contributed by atoms with E-state index < -0.39 is 5.91 Å². The summed E-state index contributed by atoms with van der Waals surface area (Å²) in [5.74, 6) is 1.11. The van der Waals surface area contributed by atoms with E-state index in [1.54, 1.807) is 48.5 Å². The maximum absolute atomic E-state index is 13.7. The molecule has 2 heterocycles. The number of amides is 2. The van der Waals surface area contributed by atoms with Gasteiger partial charge in [0.05, 0.1) is 17.9 Å². The highest BCUT2D eigenvalue weighted by Gasteiger charge is 2.41. The summed E-state index contributed by atoms with van der Waals surface area (Å²) in [4.78, 5) is 28.6. The van der Waals surface area contributed by atoms with E-state index in [1.165, 1.54) is 4.90 Å². The number of carbonyl (C=O) groups is 2. The fraction of sp³-hybridized carbons (Fsp3) is 0.185. The van der Waals surface area contributed by atoms with Gasteiger partial charge in [-0.15, -0.1) is 0 Å². The Labute approximate surface area is 197 Å². The summed E-state index contributed by atoms with van der Waals surface area (Å²) in [6.07, 6.45) is 0. The molecule has 0 fully saturated rings. The van der Waals surface area contributed by atoms with Crippen molar-refractivity contribution in [1.82, 2.24) is 0 Å². The third-order valence-electron chi connectivity index (χ3n) is 5.77. The lowest BCUT2D eigenvalue weighted by Crippen LogP contribution is -2.33. The number of carbonyl (C=O) groups excluding carboxylic acids is 2. The second-order valence-electron chi connectivity index (χ2n) is 8.14. The van der Waals surface area contributed by atoms with Crippen LogP contribution in [0.4, 0.5) is 11.4 Å². The van der Waals surface area contributed by atoms with Crippen molar-refractivity contribution in [2.75, 3.05) is 23.6 Å². The fourth-order valence-corrected chi connectivity index (χ4v) is 4.19. The number of anilines is 2. The van der Waals surface area contributed by atoms with Crippen LogP contribution in [0.25, 0.3) is 5.57 Å². The zero-order valence-electron chi connectivity index (χ0n) is 19.2. The largest absolute Gasteiger partial charge is 0.494 e. The van der Waals surface area contributed by atoms with Crippen LogP contribution in [0.3, 0.4) is 0 Å². The molecule has 0 bridgehead atoms. The molecule has 2 aliphatic rings. The molecule has 0 atom stereocenters. The summed E-state index contributed by atoms with van der Waals surface area (Å²) in [6.45, 7) is 6.46. The summed E-state index contributed by atoms with van der Waals surface area (Å²) in [5.41, 5.74) is 4.20. The lowest BCUT2D eigenvalue weighted by atomic mass is 10.0. The smallest absolute Gasteiger partial charge is 0.282 e. The van der Waals surface area contributed by atoms with Gasteiger partial charge in [0.2, 0.25) is 6.79 Å². The Morgan fingerprint density at radius 3 is 2.41 bits per heavy atom. The summed E-state index contributed by atoms with van der Waals surface area (Å²) in [6, 6.07) is 18.1. The fourth-order valence-electron chi connectivity index (χ4n) is 4.19. The molecule has 0 saturated carbocycles. The van der Waals surface area contributed by atoms with E-state index in [-0.39, 0.29) is 18.4 Å². The van der Waals surface area contributed by atoms with Gasteiger partial charge in [0.25, 0.3) is 11.8 Å². The van der Waals surface area contributed by atoms with E-state index in [4.69, 9.17) is 14.2 Å². The molecule has 3 aromatic rings. The van der Waals surface area contributed by atoms with Crippen molar-refractivity contribution >= 4 is 28.8 Å². The Morgan fingerprint density at radius 1 is 0.912 bits per heavy atom. The first kappa shape index (κ1) is 21.6. The van der Waals surface area contributed by atoms with E-state index >= 15 is 0 Å². The molecular weight excluding hydrogens is 432 g/mol. The highest BCUT2D eigenvalue weighted by molar-refractivity contribution is 6.46. The first-order chi connectivity index (χ1) is 16.5. The molecular formula is C27H24N2O5. The Bertz CT molecular complexity index is 1330. The highest BCUT2D eigenvalue weighted by atomic mass is 16.7. The minimum absolute atomic E-state index is 0.150. The number of rotatable bonds is 6. The Morgan fingerprint density at radius 2 is 1.68 bits per heavy atom. The molecule has 3 aromatic carbocycles. The van der Waals surface area contributed by atoms with Gasteiger partial charge >= 0.3 is 0 Å². The zero-order valence-corrected chi connectivity index (χ0v) is 19.2. The molecule has 0 aromatic heterocycles. The van der Waals surface area contributed by atoms with Crippen molar-refractivity contribution < 1.29 is 23.8 Å². The number of ether oxygens (including phenoxy) is 3. The molecule has 0 aliphatic carbocycles. The van der Waals surface area contributed by atoms with Crippen LogP contribution in [0.2, 0.25) is 0 Å². The second-order valence-corrected chi connectivity index (χ2v) is 8.14. The van der Waals surface area contributed by atoms with Gasteiger partial charge in [-0.2, -0.15) is 0 Å². The van der Waals surface area contributed by atoms with Gasteiger partial charge in [-0.25, -0.2) is 4.90 Å². The molecule has 2 amide bonds. The Hall–Kier alpha value is -4.26. The van der Waals surface area contributed by atoms with Crippen LogP contribution in [0, 0.1) is 13.8 Å². The van der Waals surface area contributed by atoms with Gasteiger partial charge in [0.15, 0.2) is 11.5 Å². The monoisotopic (exact) mass is 456 g/mol. The molecule has 34 heavy (non-hydrogen) atoms. The van der Waals surface area contributed by atoms with E-state index in [1.807, 2.05) is 32.9 Å². The van der Waals surface area contributed by atoms with E-state index in [0.29, 0.717) is 46.4 Å². The average molecular weight is 456 g/mol. The van der Waals surface area contributed by atoms with Crippen molar-refractivity contribution in [3.05, 3.63) is 83.1 Å². The number of imide groups is 1. The molecule has 2 aliphatic heterocycles. The molecule has 5 rings (SSSR count). The minimum atomic E-state index is -0.418. The summed E-state index contributed by atoms with van der Waals surface area (Å²) in [7, 11) is 0.